The van der Waals surface area contributed by atoms with Gasteiger partial charge in [0, 0.05) is 19.5 Å². The van der Waals surface area contributed by atoms with Crippen LogP contribution in [0.3, 0.4) is 0 Å². The van der Waals surface area contributed by atoms with Crippen LogP contribution < -0.4 is 5.32 Å². The molecule has 0 aliphatic carbocycles. The van der Waals surface area contributed by atoms with Crippen molar-refractivity contribution in [3.8, 4) is 0 Å². The lowest BCUT2D eigenvalue weighted by Crippen LogP contribution is -2.30. The number of nitrogens with zero attached hydrogens (tertiary/aromatic N) is 2. The van der Waals surface area contributed by atoms with Gasteiger partial charge in [-0.2, -0.15) is 13.2 Å². The molecule has 25 heavy (non-hydrogen) atoms. The molecule has 5 nitrogen and oxygen atoms in total. The predicted octanol–water partition coefficient (Wildman–Crippen LogP) is 2.44. The van der Waals surface area contributed by atoms with Gasteiger partial charge >= 0.3 is 6.18 Å². The maximum atomic E-state index is 13.0. The Morgan fingerprint density at radius 2 is 2.00 bits per heavy atom. The molecule has 138 valence electrons. The van der Waals surface area contributed by atoms with E-state index in [2.05, 4.69) is 5.32 Å². The fourth-order valence-electron chi connectivity index (χ4n) is 2.82. The molecule has 0 bridgehead atoms. The lowest BCUT2D eigenvalue weighted by atomic mass is 10.1. The second kappa shape index (κ2) is 7.86. The second-order valence-electron chi connectivity index (χ2n) is 6.43. The first kappa shape index (κ1) is 19.2. The van der Waals surface area contributed by atoms with Gasteiger partial charge in [-0.25, -0.2) is 0 Å². The van der Waals surface area contributed by atoms with Crippen LogP contribution in [0, 0.1) is 5.92 Å². The van der Waals surface area contributed by atoms with Crippen molar-refractivity contribution in [2.24, 2.45) is 5.92 Å². The Morgan fingerprint density at radius 1 is 1.32 bits per heavy atom. The average molecular weight is 357 g/mol. The zero-order valence-electron chi connectivity index (χ0n) is 14.3. The van der Waals surface area contributed by atoms with E-state index < -0.39 is 23.6 Å². The van der Waals surface area contributed by atoms with Gasteiger partial charge < -0.3 is 15.1 Å². The second-order valence-corrected chi connectivity index (χ2v) is 6.43. The van der Waals surface area contributed by atoms with Crippen molar-refractivity contribution in [1.82, 2.24) is 9.80 Å². The fourth-order valence-corrected chi connectivity index (χ4v) is 2.82. The Bertz CT molecular complexity index is 632. The van der Waals surface area contributed by atoms with Crippen LogP contribution in [-0.2, 0) is 15.8 Å². The van der Waals surface area contributed by atoms with Gasteiger partial charge in [0.1, 0.15) is 0 Å². The summed E-state index contributed by atoms with van der Waals surface area (Å²) in [6.45, 7) is 1.60. The topological polar surface area (TPSA) is 52.6 Å². The van der Waals surface area contributed by atoms with Gasteiger partial charge in [-0.3, -0.25) is 9.59 Å². The van der Waals surface area contributed by atoms with Crippen LogP contribution in [-0.4, -0.2) is 55.3 Å². The first-order valence-electron chi connectivity index (χ1n) is 8.08. The summed E-state index contributed by atoms with van der Waals surface area (Å²) in [5, 5.41) is 2.33. The van der Waals surface area contributed by atoms with E-state index in [4.69, 9.17) is 0 Å². The lowest BCUT2D eigenvalue weighted by Gasteiger charge is -2.18. The molecule has 2 amide bonds. The van der Waals surface area contributed by atoms with E-state index in [-0.39, 0.29) is 24.6 Å². The van der Waals surface area contributed by atoms with Gasteiger partial charge in [0.15, 0.2) is 0 Å². The van der Waals surface area contributed by atoms with Gasteiger partial charge in [-0.1, -0.05) is 12.1 Å². The zero-order valence-corrected chi connectivity index (χ0v) is 14.3. The number of hydrogen-bond acceptors (Lipinski definition) is 3. The first-order chi connectivity index (χ1) is 11.7. The van der Waals surface area contributed by atoms with Gasteiger partial charge in [-0.15, -0.1) is 0 Å². The molecule has 1 unspecified atom stereocenters. The highest BCUT2D eigenvalue weighted by atomic mass is 19.4. The Kier molecular flexibility index (Phi) is 6.05. The van der Waals surface area contributed by atoms with E-state index in [1.807, 2.05) is 19.0 Å². The minimum atomic E-state index is -4.55. The minimum absolute atomic E-state index is 0.0297. The molecule has 0 aromatic heterocycles. The maximum absolute atomic E-state index is 13.0. The summed E-state index contributed by atoms with van der Waals surface area (Å²) in [5.74, 6) is -1.32. The van der Waals surface area contributed by atoms with Crippen molar-refractivity contribution < 1.29 is 22.8 Å². The first-order valence-corrected chi connectivity index (χ1v) is 8.08. The van der Waals surface area contributed by atoms with Crippen molar-refractivity contribution in [2.45, 2.75) is 19.0 Å². The van der Waals surface area contributed by atoms with Crippen LogP contribution in [0.4, 0.5) is 18.9 Å². The SMILES string of the molecule is CN(C)CCCN1CC(C(=O)Nc2ccccc2C(F)(F)F)CC1=O. The molecule has 0 radical (unpaired) electrons. The van der Waals surface area contributed by atoms with Crippen molar-refractivity contribution in [3.63, 3.8) is 0 Å². The molecular formula is C17H22F3N3O2. The summed E-state index contributed by atoms with van der Waals surface area (Å²) >= 11 is 0. The Balaban J connectivity index is 1.98. The third kappa shape index (κ3) is 5.19. The number of alkyl halides is 3. The minimum Gasteiger partial charge on any atom is -0.342 e. The van der Waals surface area contributed by atoms with E-state index >= 15 is 0 Å². The molecular weight excluding hydrogens is 335 g/mol. The lowest BCUT2D eigenvalue weighted by molar-refractivity contribution is -0.137. The summed E-state index contributed by atoms with van der Waals surface area (Å²) < 4.78 is 39.0. The van der Waals surface area contributed by atoms with Crippen LogP contribution >= 0.6 is 0 Å². The highest BCUT2D eigenvalue weighted by Gasteiger charge is 2.37. The average Bonchev–Trinajstić information content (AvgIpc) is 2.88. The summed E-state index contributed by atoms with van der Waals surface area (Å²) in [7, 11) is 3.86. The van der Waals surface area contributed by atoms with Crippen LogP contribution in [0.15, 0.2) is 24.3 Å². The van der Waals surface area contributed by atoms with Crippen molar-refractivity contribution in [2.75, 3.05) is 39.0 Å². The Labute approximate surface area is 144 Å². The van der Waals surface area contributed by atoms with E-state index in [0.29, 0.717) is 6.54 Å². The molecule has 8 heteroatoms. The van der Waals surface area contributed by atoms with Crippen molar-refractivity contribution >= 4 is 17.5 Å². The number of amides is 2. The molecule has 1 aliphatic heterocycles. The summed E-state index contributed by atoms with van der Waals surface area (Å²) in [5.41, 5.74) is -1.17. The molecule has 1 aliphatic rings. The van der Waals surface area contributed by atoms with Crippen LogP contribution in [0.5, 0.6) is 0 Å². The number of para-hydroxylation sites is 1. The molecule has 1 fully saturated rings. The maximum Gasteiger partial charge on any atom is 0.418 e. The van der Waals surface area contributed by atoms with E-state index in [0.717, 1.165) is 19.0 Å². The highest BCUT2D eigenvalue weighted by molar-refractivity contribution is 5.97. The van der Waals surface area contributed by atoms with Crippen molar-refractivity contribution in [3.05, 3.63) is 29.8 Å². The quantitative estimate of drug-likeness (QED) is 0.851. The number of nitrogens with one attached hydrogen (secondary N) is 1. The molecule has 1 aromatic rings. The molecule has 0 saturated carbocycles. The Hall–Kier alpha value is -2.09. The summed E-state index contributed by atoms with van der Waals surface area (Å²) in [6, 6.07) is 4.83. The summed E-state index contributed by atoms with van der Waals surface area (Å²) in [4.78, 5) is 27.9. The fraction of sp³-hybridized carbons (Fsp3) is 0.529. The number of halogens is 3. The van der Waals surface area contributed by atoms with Crippen LogP contribution in [0.1, 0.15) is 18.4 Å². The third-order valence-corrected chi connectivity index (χ3v) is 4.11. The molecule has 1 atom stereocenters. The molecule has 0 spiro atoms. The normalized spacial score (nSPS) is 18.1. The van der Waals surface area contributed by atoms with Gasteiger partial charge in [0.25, 0.3) is 0 Å². The van der Waals surface area contributed by atoms with Crippen LogP contribution in [0.25, 0.3) is 0 Å². The molecule has 1 heterocycles. The zero-order chi connectivity index (χ0) is 18.6. The standard InChI is InChI=1S/C17H22F3N3O2/c1-22(2)8-5-9-23-11-12(10-15(23)24)16(25)21-14-7-4-3-6-13(14)17(18,19)20/h3-4,6-7,12H,5,8-11H2,1-2H3,(H,21,25). The molecule has 1 saturated heterocycles. The van der Waals surface area contributed by atoms with Gasteiger partial charge in [0.2, 0.25) is 11.8 Å². The predicted molar refractivity (Wildman–Crippen MR) is 87.9 cm³/mol. The Morgan fingerprint density at radius 3 is 2.64 bits per heavy atom. The molecule has 1 N–H and O–H groups in total. The number of likely N-dealkylation sites (tertiary alicyclic amines) is 1. The molecule has 1 aromatic carbocycles. The smallest absolute Gasteiger partial charge is 0.342 e. The number of anilines is 1. The number of benzene rings is 1. The number of rotatable bonds is 6. The van der Waals surface area contributed by atoms with Gasteiger partial charge in [0.05, 0.1) is 17.2 Å². The number of carbonyl (C=O) groups is 2. The molecule has 2 rings (SSSR count). The van der Waals surface area contributed by atoms with E-state index in [1.54, 1.807) is 4.90 Å². The summed E-state index contributed by atoms with van der Waals surface area (Å²) in [6.07, 6.45) is -3.74. The van der Waals surface area contributed by atoms with Crippen molar-refractivity contribution in [1.29, 1.82) is 0 Å². The largest absolute Gasteiger partial charge is 0.418 e. The number of hydrogen-bond donors (Lipinski definition) is 1. The van der Waals surface area contributed by atoms with Gasteiger partial charge in [-0.05, 0) is 39.2 Å². The van der Waals surface area contributed by atoms with Crippen LogP contribution in [0.2, 0.25) is 0 Å². The van der Waals surface area contributed by atoms with E-state index in [1.165, 1.54) is 18.2 Å². The third-order valence-electron chi connectivity index (χ3n) is 4.11. The highest BCUT2D eigenvalue weighted by Crippen LogP contribution is 2.35. The number of carbonyl (C=O) groups excluding carboxylic acids is 2. The van der Waals surface area contributed by atoms with E-state index in [9.17, 15) is 22.8 Å². The monoisotopic (exact) mass is 357 g/mol.